The van der Waals surface area contributed by atoms with Crippen LogP contribution in [0.15, 0.2) is 23.8 Å². The summed E-state index contributed by atoms with van der Waals surface area (Å²) in [6, 6.07) is 0. The fourth-order valence-electron chi connectivity index (χ4n) is 1.91. The van der Waals surface area contributed by atoms with E-state index in [1.165, 1.54) is 19.3 Å². The van der Waals surface area contributed by atoms with Crippen LogP contribution in [-0.4, -0.2) is 0 Å². The monoisotopic (exact) mass is 404 g/mol. The molecule has 2 rings (SSSR count). The maximum absolute atomic E-state index is 2.35. The molecule has 0 heterocycles. The van der Waals surface area contributed by atoms with E-state index in [0.29, 0.717) is 0 Å². The van der Waals surface area contributed by atoms with Gasteiger partial charge in [-0.3, -0.25) is 0 Å². The molecule has 1 fully saturated rings. The predicted octanol–water partition coefficient (Wildman–Crippen LogP) is -6.37. The van der Waals surface area contributed by atoms with Gasteiger partial charge in [0.25, 0.3) is 0 Å². The fraction of sp³-hybridized carbons (Fsp3) is 0.556. The summed E-state index contributed by atoms with van der Waals surface area (Å²) in [4.78, 5) is 0. The molecule has 0 bridgehead atoms. The van der Waals surface area contributed by atoms with E-state index in [-0.39, 0.29) is 50.9 Å². The Balaban J connectivity index is 0. The van der Waals surface area contributed by atoms with Crippen molar-refractivity contribution in [3.63, 3.8) is 0 Å². The zero-order chi connectivity index (χ0) is 6.97. The maximum atomic E-state index is 2.35. The quantitative estimate of drug-likeness (QED) is 0.351. The van der Waals surface area contributed by atoms with Gasteiger partial charge in [-0.25, -0.2) is 0 Å². The van der Waals surface area contributed by atoms with Crippen molar-refractivity contribution in [1.29, 1.82) is 0 Å². The van der Waals surface area contributed by atoms with Gasteiger partial charge in [-0.15, -0.1) is 0 Å². The van der Waals surface area contributed by atoms with E-state index < -0.39 is 0 Å². The molecular formula is C9H11Br3Ti. The van der Waals surface area contributed by atoms with Crippen LogP contribution in [-0.2, 0) is 20.4 Å². The van der Waals surface area contributed by atoms with Gasteiger partial charge >= 0.3 is 73.6 Å². The van der Waals surface area contributed by atoms with Crippen molar-refractivity contribution in [2.24, 2.45) is 5.92 Å². The van der Waals surface area contributed by atoms with Crippen molar-refractivity contribution in [2.75, 3.05) is 0 Å². The third-order valence-electron chi connectivity index (χ3n) is 2.52. The molecule has 1 saturated carbocycles. The Bertz CT molecular complexity index is 201. The van der Waals surface area contributed by atoms with Crippen LogP contribution in [0.1, 0.15) is 19.3 Å². The van der Waals surface area contributed by atoms with Crippen LogP contribution in [0.5, 0.6) is 0 Å². The van der Waals surface area contributed by atoms with Crippen LogP contribution in [0.25, 0.3) is 0 Å². The van der Waals surface area contributed by atoms with E-state index >= 15 is 0 Å². The Morgan fingerprint density at radius 1 is 1.15 bits per heavy atom. The van der Waals surface area contributed by atoms with E-state index in [1.807, 2.05) is 0 Å². The molecule has 0 aromatic carbocycles. The number of rotatable bonds is 0. The second-order valence-corrected chi connectivity index (χ2v) is 4.25. The van der Waals surface area contributed by atoms with E-state index in [0.717, 1.165) is 10.1 Å². The summed E-state index contributed by atoms with van der Waals surface area (Å²) in [6.07, 6.45) is 11.0. The normalized spacial score (nSPS) is 28.9. The molecule has 0 nitrogen and oxygen atoms in total. The minimum atomic E-state index is 0. The van der Waals surface area contributed by atoms with Crippen LogP contribution in [0.4, 0.5) is 0 Å². The molecule has 0 N–H and O–H groups in total. The van der Waals surface area contributed by atoms with E-state index in [4.69, 9.17) is 0 Å². The second kappa shape index (κ2) is 7.87. The van der Waals surface area contributed by atoms with Crippen molar-refractivity contribution in [1.82, 2.24) is 0 Å². The Morgan fingerprint density at radius 3 is 2.46 bits per heavy atom. The van der Waals surface area contributed by atoms with E-state index in [9.17, 15) is 0 Å². The molecule has 2 atom stereocenters. The molecular weight excluding hydrogens is 396 g/mol. The SMILES string of the molecule is [Br-].[Br-].[Br-].[Ti+3][CH]1CCC2CC=CC=C12. The van der Waals surface area contributed by atoms with Crippen molar-refractivity contribution >= 4 is 0 Å². The van der Waals surface area contributed by atoms with Crippen LogP contribution < -0.4 is 50.9 Å². The van der Waals surface area contributed by atoms with Crippen LogP contribution in [0, 0.1) is 5.92 Å². The van der Waals surface area contributed by atoms with Crippen molar-refractivity contribution < 1.29 is 71.4 Å². The average Bonchev–Trinajstić information content (AvgIpc) is 2.34. The van der Waals surface area contributed by atoms with Crippen molar-refractivity contribution in [3.8, 4) is 0 Å². The second-order valence-electron chi connectivity index (χ2n) is 3.16. The molecule has 0 amide bonds. The van der Waals surface area contributed by atoms with Gasteiger partial charge in [0, 0.05) is 0 Å². The molecule has 0 aromatic rings. The summed E-state index contributed by atoms with van der Waals surface area (Å²) in [5.41, 5.74) is 1.71. The van der Waals surface area contributed by atoms with Crippen molar-refractivity contribution in [2.45, 2.75) is 23.5 Å². The topological polar surface area (TPSA) is 0 Å². The number of hydrogen-bond acceptors (Lipinski definition) is 0. The Kier molecular flexibility index (Phi) is 10.3. The first-order valence-electron chi connectivity index (χ1n) is 3.95. The van der Waals surface area contributed by atoms with Gasteiger partial charge in [0.1, 0.15) is 0 Å². The van der Waals surface area contributed by atoms with Crippen LogP contribution in [0.3, 0.4) is 0 Å². The average molecular weight is 407 g/mol. The molecule has 2 aliphatic rings. The standard InChI is InChI=1S/C9H11.3BrH.Ti/c1-2-5-9-7-3-6-8(9)4-1;;;;/h1-2,4,6,9H,3,5,7H2;3*1H;/q;;;;+3/p-3. The molecule has 13 heavy (non-hydrogen) atoms. The van der Waals surface area contributed by atoms with Gasteiger partial charge in [0.2, 0.25) is 0 Å². The third kappa shape index (κ3) is 3.94. The fourth-order valence-corrected chi connectivity index (χ4v) is 2.69. The van der Waals surface area contributed by atoms with Gasteiger partial charge in [0.05, 0.1) is 0 Å². The van der Waals surface area contributed by atoms with Crippen LogP contribution >= 0.6 is 0 Å². The summed E-state index contributed by atoms with van der Waals surface area (Å²) < 4.78 is 0.870. The molecule has 2 unspecified atom stereocenters. The minimum absolute atomic E-state index is 0. The number of halogens is 3. The summed E-state index contributed by atoms with van der Waals surface area (Å²) in [6.45, 7) is 0. The first-order chi connectivity index (χ1) is 4.88. The first kappa shape index (κ1) is 17.0. The van der Waals surface area contributed by atoms with Gasteiger partial charge in [-0.05, 0) is 0 Å². The zero-order valence-electron chi connectivity index (χ0n) is 7.14. The summed E-state index contributed by atoms with van der Waals surface area (Å²) in [5.74, 6) is 0.917. The molecule has 0 radical (unpaired) electrons. The first-order valence-corrected chi connectivity index (χ1v) is 4.86. The molecule has 0 aromatic heterocycles. The van der Waals surface area contributed by atoms with Gasteiger partial charge in [-0.2, -0.15) is 0 Å². The summed E-state index contributed by atoms with van der Waals surface area (Å²) in [5, 5.41) is 0. The Labute approximate surface area is 123 Å². The van der Waals surface area contributed by atoms with E-state index in [1.54, 1.807) is 5.57 Å². The Morgan fingerprint density at radius 2 is 1.85 bits per heavy atom. The van der Waals surface area contributed by atoms with Crippen LogP contribution in [0.2, 0.25) is 4.22 Å². The predicted molar refractivity (Wildman–Crippen MR) is 38.3 cm³/mol. The molecule has 0 aliphatic heterocycles. The van der Waals surface area contributed by atoms with Gasteiger partial charge in [0.15, 0.2) is 0 Å². The molecule has 72 valence electrons. The number of fused-ring (bicyclic) bond motifs is 1. The summed E-state index contributed by atoms with van der Waals surface area (Å²) >= 11 is 2.35. The van der Waals surface area contributed by atoms with Gasteiger partial charge < -0.3 is 50.9 Å². The molecule has 0 saturated heterocycles. The third-order valence-corrected chi connectivity index (χ3v) is 3.49. The molecule has 0 spiro atoms. The summed E-state index contributed by atoms with van der Waals surface area (Å²) in [7, 11) is 0. The van der Waals surface area contributed by atoms with Crippen molar-refractivity contribution in [3.05, 3.63) is 23.8 Å². The molecule has 4 heteroatoms. The van der Waals surface area contributed by atoms with Gasteiger partial charge in [-0.1, -0.05) is 0 Å². The Hall–Kier alpha value is 1.63. The number of allylic oxidation sites excluding steroid dienone is 4. The zero-order valence-corrected chi connectivity index (χ0v) is 13.5. The number of hydrogen-bond donors (Lipinski definition) is 0. The van der Waals surface area contributed by atoms with E-state index in [2.05, 4.69) is 38.7 Å². The molecule has 2 aliphatic carbocycles.